The third-order valence-electron chi connectivity index (χ3n) is 3.59. The van der Waals surface area contributed by atoms with E-state index in [1.807, 2.05) is 6.20 Å². The first-order valence-corrected chi connectivity index (χ1v) is 7.83. The number of ether oxygens (including phenoxy) is 1. The van der Waals surface area contributed by atoms with Gasteiger partial charge in [-0.3, -0.25) is 0 Å². The maximum absolute atomic E-state index is 5.23. The van der Waals surface area contributed by atoms with Gasteiger partial charge in [0.05, 0.1) is 6.61 Å². The lowest BCUT2D eigenvalue weighted by atomic mass is 10.1. The molecule has 0 bridgehead atoms. The van der Waals surface area contributed by atoms with Gasteiger partial charge in [-0.25, -0.2) is 4.98 Å². The number of pyridine rings is 1. The van der Waals surface area contributed by atoms with Crippen molar-refractivity contribution in [3.05, 3.63) is 23.9 Å². The minimum absolute atomic E-state index is 0.121. The van der Waals surface area contributed by atoms with E-state index in [1.165, 1.54) is 5.56 Å². The molecule has 0 saturated heterocycles. The molecule has 0 saturated carbocycles. The van der Waals surface area contributed by atoms with E-state index in [2.05, 4.69) is 62.0 Å². The third-order valence-corrected chi connectivity index (χ3v) is 3.59. The highest BCUT2D eigenvalue weighted by Crippen LogP contribution is 2.17. The maximum atomic E-state index is 5.23. The number of rotatable bonds is 8. The molecule has 0 spiro atoms. The molecule has 1 aromatic heterocycles. The quantitative estimate of drug-likeness (QED) is 0.798. The van der Waals surface area contributed by atoms with Crippen LogP contribution in [0.15, 0.2) is 18.3 Å². The largest absolute Gasteiger partial charge is 0.383 e. The van der Waals surface area contributed by atoms with Gasteiger partial charge < -0.3 is 15.0 Å². The molecule has 0 aliphatic rings. The van der Waals surface area contributed by atoms with E-state index in [-0.39, 0.29) is 5.54 Å². The summed E-state index contributed by atoms with van der Waals surface area (Å²) in [5.74, 6) is 1.04. The second-order valence-electron chi connectivity index (χ2n) is 6.57. The second kappa shape index (κ2) is 8.35. The van der Waals surface area contributed by atoms with Crippen LogP contribution in [0.25, 0.3) is 0 Å². The summed E-state index contributed by atoms with van der Waals surface area (Å²) >= 11 is 0. The highest BCUT2D eigenvalue weighted by Gasteiger charge is 2.15. The molecular formula is C17H31N3O. The Morgan fingerprint density at radius 1 is 1.38 bits per heavy atom. The van der Waals surface area contributed by atoms with Gasteiger partial charge in [-0.1, -0.05) is 6.92 Å². The van der Waals surface area contributed by atoms with E-state index in [0.717, 1.165) is 31.9 Å². The molecule has 0 amide bonds. The topological polar surface area (TPSA) is 37.4 Å². The average molecular weight is 293 g/mol. The predicted molar refractivity (Wildman–Crippen MR) is 89.8 cm³/mol. The van der Waals surface area contributed by atoms with Crippen molar-refractivity contribution in [2.75, 3.05) is 25.2 Å². The Morgan fingerprint density at radius 2 is 2.10 bits per heavy atom. The monoisotopic (exact) mass is 293 g/mol. The molecule has 0 radical (unpaired) electrons. The normalized spacial score (nSPS) is 13.2. The van der Waals surface area contributed by atoms with Gasteiger partial charge in [0, 0.05) is 38.0 Å². The fraction of sp³-hybridized carbons (Fsp3) is 0.706. The summed E-state index contributed by atoms with van der Waals surface area (Å²) in [6.07, 6.45) is 2.99. The molecular weight excluding hydrogens is 262 g/mol. The van der Waals surface area contributed by atoms with Gasteiger partial charge in [0.2, 0.25) is 0 Å². The molecule has 1 unspecified atom stereocenters. The standard InChI is InChI=1S/C17H31N3O/c1-7-14(2)20(10-11-21-6)16-12-15(8-9-18-16)13-19-17(3,4)5/h8-9,12,14,19H,7,10-11,13H2,1-6H3. The predicted octanol–water partition coefficient (Wildman–Crippen LogP) is 3.22. The van der Waals surface area contributed by atoms with Crippen LogP contribution in [0.2, 0.25) is 0 Å². The Bertz CT molecular complexity index is 415. The van der Waals surface area contributed by atoms with E-state index >= 15 is 0 Å². The molecule has 1 atom stereocenters. The van der Waals surface area contributed by atoms with Gasteiger partial charge in [-0.2, -0.15) is 0 Å². The van der Waals surface area contributed by atoms with Crippen LogP contribution in [0.1, 0.15) is 46.6 Å². The van der Waals surface area contributed by atoms with Crippen LogP contribution in [-0.4, -0.2) is 36.8 Å². The molecule has 0 aliphatic heterocycles. The Kier molecular flexibility index (Phi) is 7.12. The summed E-state index contributed by atoms with van der Waals surface area (Å²) in [7, 11) is 1.74. The van der Waals surface area contributed by atoms with Crippen LogP contribution in [0.4, 0.5) is 5.82 Å². The van der Waals surface area contributed by atoms with Crippen molar-refractivity contribution in [2.45, 2.75) is 59.2 Å². The molecule has 4 nitrogen and oxygen atoms in total. The molecule has 1 N–H and O–H groups in total. The number of nitrogens with one attached hydrogen (secondary N) is 1. The van der Waals surface area contributed by atoms with Crippen LogP contribution in [0.3, 0.4) is 0 Å². The van der Waals surface area contributed by atoms with Gasteiger partial charge in [0.1, 0.15) is 5.82 Å². The molecule has 1 rings (SSSR count). The Hall–Kier alpha value is -1.13. The van der Waals surface area contributed by atoms with Crippen LogP contribution in [0.5, 0.6) is 0 Å². The van der Waals surface area contributed by atoms with Crippen molar-refractivity contribution in [1.29, 1.82) is 0 Å². The van der Waals surface area contributed by atoms with Gasteiger partial charge in [0.25, 0.3) is 0 Å². The number of hydrogen-bond acceptors (Lipinski definition) is 4. The highest BCUT2D eigenvalue weighted by atomic mass is 16.5. The van der Waals surface area contributed by atoms with Crippen molar-refractivity contribution < 1.29 is 4.74 Å². The van der Waals surface area contributed by atoms with Crippen molar-refractivity contribution in [1.82, 2.24) is 10.3 Å². The summed E-state index contributed by atoms with van der Waals surface area (Å²) in [5, 5.41) is 3.52. The molecule has 0 fully saturated rings. The number of aromatic nitrogens is 1. The van der Waals surface area contributed by atoms with Crippen molar-refractivity contribution in [3.63, 3.8) is 0 Å². The van der Waals surface area contributed by atoms with Gasteiger partial charge >= 0.3 is 0 Å². The van der Waals surface area contributed by atoms with E-state index < -0.39 is 0 Å². The first-order valence-electron chi connectivity index (χ1n) is 7.83. The number of nitrogens with zero attached hydrogens (tertiary/aromatic N) is 2. The van der Waals surface area contributed by atoms with Crippen LogP contribution in [-0.2, 0) is 11.3 Å². The molecule has 1 aromatic rings. The highest BCUT2D eigenvalue weighted by molar-refractivity contribution is 5.42. The molecule has 1 heterocycles. The third kappa shape index (κ3) is 6.44. The van der Waals surface area contributed by atoms with E-state index in [0.29, 0.717) is 6.04 Å². The lowest BCUT2D eigenvalue weighted by Crippen LogP contribution is -2.37. The van der Waals surface area contributed by atoms with Gasteiger partial charge in [0.15, 0.2) is 0 Å². The van der Waals surface area contributed by atoms with Gasteiger partial charge in [-0.05, 0) is 51.8 Å². The minimum atomic E-state index is 0.121. The van der Waals surface area contributed by atoms with E-state index in [1.54, 1.807) is 7.11 Å². The molecule has 4 heteroatoms. The number of anilines is 1. The van der Waals surface area contributed by atoms with Crippen LogP contribution < -0.4 is 10.2 Å². The zero-order valence-electron chi connectivity index (χ0n) is 14.4. The summed E-state index contributed by atoms with van der Waals surface area (Å²) in [5.41, 5.74) is 1.39. The summed E-state index contributed by atoms with van der Waals surface area (Å²) in [4.78, 5) is 6.87. The zero-order chi connectivity index (χ0) is 15.9. The van der Waals surface area contributed by atoms with E-state index in [4.69, 9.17) is 4.74 Å². The van der Waals surface area contributed by atoms with Crippen molar-refractivity contribution in [2.24, 2.45) is 0 Å². The summed E-state index contributed by atoms with van der Waals surface area (Å²) in [6.45, 7) is 13.4. The Labute approximate surface area is 129 Å². The number of methoxy groups -OCH3 is 1. The minimum Gasteiger partial charge on any atom is -0.383 e. The molecule has 0 aromatic carbocycles. The lowest BCUT2D eigenvalue weighted by Gasteiger charge is -2.30. The molecule has 120 valence electrons. The summed E-state index contributed by atoms with van der Waals surface area (Å²) in [6, 6.07) is 4.71. The Morgan fingerprint density at radius 3 is 2.67 bits per heavy atom. The van der Waals surface area contributed by atoms with Crippen LogP contribution >= 0.6 is 0 Å². The van der Waals surface area contributed by atoms with Crippen molar-refractivity contribution >= 4 is 5.82 Å². The number of hydrogen-bond donors (Lipinski definition) is 1. The van der Waals surface area contributed by atoms with Gasteiger partial charge in [-0.15, -0.1) is 0 Å². The second-order valence-corrected chi connectivity index (χ2v) is 6.57. The molecule has 21 heavy (non-hydrogen) atoms. The zero-order valence-corrected chi connectivity index (χ0v) is 14.4. The SMILES string of the molecule is CCC(C)N(CCOC)c1cc(CNC(C)(C)C)ccn1. The first-order chi connectivity index (χ1) is 9.87. The first kappa shape index (κ1) is 17.9. The van der Waals surface area contributed by atoms with E-state index in [9.17, 15) is 0 Å². The Balaban J connectivity index is 2.83. The fourth-order valence-corrected chi connectivity index (χ4v) is 2.07. The fourth-order valence-electron chi connectivity index (χ4n) is 2.07. The van der Waals surface area contributed by atoms with Crippen LogP contribution in [0, 0.1) is 0 Å². The average Bonchev–Trinajstić information content (AvgIpc) is 2.45. The summed E-state index contributed by atoms with van der Waals surface area (Å²) < 4.78 is 5.23. The molecule has 0 aliphatic carbocycles. The maximum Gasteiger partial charge on any atom is 0.129 e. The smallest absolute Gasteiger partial charge is 0.129 e. The van der Waals surface area contributed by atoms with Crippen molar-refractivity contribution in [3.8, 4) is 0 Å². The lowest BCUT2D eigenvalue weighted by molar-refractivity contribution is 0.203.